The van der Waals surface area contributed by atoms with Gasteiger partial charge in [-0.1, -0.05) is 20.8 Å². The summed E-state index contributed by atoms with van der Waals surface area (Å²) < 4.78 is 0. The van der Waals surface area contributed by atoms with E-state index in [4.69, 9.17) is 4.84 Å². The maximum atomic E-state index is 11.4. The number of hydrogen-bond acceptors (Lipinski definition) is 4. The molecular weight excluding hydrogens is 180 g/mol. The number of nitrogens with one attached hydrogen (secondary N) is 1. The van der Waals surface area contributed by atoms with Gasteiger partial charge in [0.1, 0.15) is 0 Å². The van der Waals surface area contributed by atoms with E-state index >= 15 is 0 Å². The first-order valence-corrected chi connectivity index (χ1v) is 5.14. The van der Waals surface area contributed by atoms with Crippen LogP contribution >= 0.6 is 0 Å². The van der Waals surface area contributed by atoms with Crippen molar-refractivity contribution in [3.63, 3.8) is 0 Å². The molecule has 0 amide bonds. The summed E-state index contributed by atoms with van der Waals surface area (Å²) in [5.74, 6) is -0.126. The predicted molar refractivity (Wildman–Crippen MR) is 54.6 cm³/mol. The molecule has 0 unspecified atom stereocenters. The maximum Gasteiger partial charge on any atom is 0.325 e. The van der Waals surface area contributed by atoms with Crippen molar-refractivity contribution in [1.82, 2.24) is 10.4 Å². The van der Waals surface area contributed by atoms with Crippen LogP contribution in [-0.2, 0) is 9.63 Å². The Balaban J connectivity index is 2.25. The zero-order valence-corrected chi connectivity index (χ0v) is 9.30. The van der Waals surface area contributed by atoms with Gasteiger partial charge in [0.2, 0.25) is 0 Å². The molecule has 1 rings (SSSR count). The third kappa shape index (κ3) is 4.58. The van der Waals surface area contributed by atoms with Crippen LogP contribution in [0.1, 0.15) is 27.2 Å². The molecule has 1 aliphatic rings. The van der Waals surface area contributed by atoms with Crippen LogP contribution in [0.3, 0.4) is 0 Å². The molecule has 1 heterocycles. The Morgan fingerprint density at radius 1 is 1.36 bits per heavy atom. The van der Waals surface area contributed by atoms with E-state index in [0.717, 1.165) is 26.2 Å². The Labute approximate surface area is 85.6 Å². The Bertz CT molecular complexity index is 193. The normalized spacial score (nSPS) is 19.4. The summed E-state index contributed by atoms with van der Waals surface area (Å²) in [5, 5.41) is 4.94. The van der Waals surface area contributed by atoms with Crippen LogP contribution < -0.4 is 5.32 Å². The van der Waals surface area contributed by atoms with Crippen molar-refractivity contribution in [2.75, 3.05) is 26.2 Å². The molecule has 0 saturated carbocycles. The average Bonchev–Trinajstić information content (AvgIpc) is 2.02. The Morgan fingerprint density at radius 2 is 1.93 bits per heavy atom. The second-order valence-electron chi connectivity index (χ2n) is 4.88. The number of hydrogen-bond donors (Lipinski definition) is 1. The third-order valence-electron chi connectivity index (χ3n) is 1.98. The van der Waals surface area contributed by atoms with Crippen molar-refractivity contribution in [2.45, 2.75) is 27.2 Å². The van der Waals surface area contributed by atoms with E-state index in [1.165, 1.54) is 0 Å². The zero-order chi connectivity index (χ0) is 10.6. The second kappa shape index (κ2) is 4.75. The van der Waals surface area contributed by atoms with Crippen LogP contribution in [-0.4, -0.2) is 37.2 Å². The molecule has 0 radical (unpaired) electrons. The molecule has 0 aromatic carbocycles. The van der Waals surface area contributed by atoms with Gasteiger partial charge in [0.25, 0.3) is 0 Å². The second-order valence-corrected chi connectivity index (χ2v) is 4.88. The quantitative estimate of drug-likeness (QED) is 0.715. The molecule has 82 valence electrons. The van der Waals surface area contributed by atoms with Crippen LogP contribution in [0.25, 0.3) is 0 Å². The van der Waals surface area contributed by atoms with Gasteiger partial charge in [-0.3, -0.25) is 4.79 Å². The molecule has 0 aromatic heterocycles. The number of piperazine rings is 1. The molecular formula is C10H20N2O2. The lowest BCUT2D eigenvalue weighted by molar-refractivity contribution is -0.194. The molecule has 1 aliphatic heterocycles. The van der Waals surface area contributed by atoms with E-state index in [1.807, 2.05) is 20.8 Å². The van der Waals surface area contributed by atoms with E-state index < -0.39 is 0 Å². The Kier molecular flexibility index (Phi) is 3.89. The fraction of sp³-hybridized carbons (Fsp3) is 0.900. The van der Waals surface area contributed by atoms with Gasteiger partial charge < -0.3 is 10.2 Å². The molecule has 0 atom stereocenters. The number of carbonyl (C=O) groups is 1. The summed E-state index contributed by atoms with van der Waals surface area (Å²) in [6, 6.07) is 0. The molecule has 14 heavy (non-hydrogen) atoms. The summed E-state index contributed by atoms with van der Waals surface area (Å²) in [5.41, 5.74) is 0.00508. The lowest BCUT2D eigenvalue weighted by Gasteiger charge is -2.27. The highest BCUT2D eigenvalue weighted by atomic mass is 16.7. The number of rotatable bonds is 2. The molecule has 1 N–H and O–H groups in total. The number of nitrogens with zero attached hydrogens (tertiary/aromatic N) is 1. The average molecular weight is 200 g/mol. The Morgan fingerprint density at radius 3 is 2.43 bits per heavy atom. The van der Waals surface area contributed by atoms with Gasteiger partial charge in [-0.2, -0.15) is 0 Å². The topological polar surface area (TPSA) is 41.6 Å². The predicted octanol–water partition coefficient (Wildman–Crippen LogP) is 0.786. The van der Waals surface area contributed by atoms with E-state index in [1.54, 1.807) is 5.06 Å². The first-order valence-electron chi connectivity index (χ1n) is 5.14. The highest BCUT2D eigenvalue weighted by Crippen LogP contribution is 2.19. The number of carbonyl (C=O) groups excluding carboxylic acids is 1. The van der Waals surface area contributed by atoms with Crippen LogP contribution in [0.4, 0.5) is 0 Å². The van der Waals surface area contributed by atoms with Crippen molar-refractivity contribution < 1.29 is 9.63 Å². The largest absolute Gasteiger partial charge is 0.368 e. The fourth-order valence-corrected chi connectivity index (χ4v) is 1.34. The molecule has 0 aromatic rings. The van der Waals surface area contributed by atoms with E-state index in [2.05, 4.69) is 5.32 Å². The van der Waals surface area contributed by atoms with Gasteiger partial charge in [-0.15, -0.1) is 5.06 Å². The lowest BCUT2D eigenvalue weighted by atomic mass is 9.93. The summed E-state index contributed by atoms with van der Waals surface area (Å²) in [7, 11) is 0. The van der Waals surface area contributed by atoms with Gasteiger partial charge in [0, 0.05) is 26.2 Å². The lowest BCUT2D eigenvalue weighted by Crippen LogP contribution is -2.44. The molecule has 0 spiro atoms. The maximum absolute atomic E-state index is 11.4. The van der Waals surface area contributed by atoms with Crippen LogP contribution in [0.15, 0.2) is 0 Å². The van der Waals surface area contributed by atoms with Crippen molar-refractivity contribution >= 4 is 5.97 Å². The van der Waals surface area contributed by atoms with Gasteiger partial charge >= 0.3 is 5.97 Å². The van der Waals surface area contributed by atoms with Gasteiger partial charge in [0.15, 0.2) is 0 Å². The minimum absolute atomic E-state index is 0.00508. The summed E-state index contributed by atoms with van der Waals surface area (Å²) >= 11 is 0. The summed E-state index contributed by atoms with van der Waals surface area (Å²) in [6.45, 7) is 9.46. The van der Waals surface area contributed by atoms with E-state index in [-0.39, 0.29) is 11.4 Å². The highest BCUT2D eigenvalue weighted by molar-refractivity contribution is 5.69. The number of hydroxylamine groups is 2. The van der Waals surface area contributed by atoms with Crippen molar-refractivity contribution in [2.24, 2.45) is 5.41 Å². The summed E-state index contributed by atoms with van der Waals surface area (Å²) in [4.78, 5) is 16.7. The SMILES string of the molecule is CC(C)(C)CC(=O)ON1CCNCC1. The first-order chi connectivity index (χ1) is 6.47. The van der Waals surface area contributed by atoms with Crippen LogP contribution in [0, 0.1) is 5.41 Å². The minimum Gasteiger partial charge on any atom is -0.368 e. The van der Waals surface area contributed by atoms with Crippen molar-refractivity contribution in [3.8, 4) is 0 Å². The highest BCUT2D eigenvalue weighted by Gasteiger charge is 2.20. The molecule has 1 saturated heterocycles. The third-order valence-corrected chi connectivity index (χ3v) is 1.98. The monoisotopic (exact) mass is 200 g/mol. The molecule has 1 fully saturated rings. The molecule has 4 nitrogen and oxygen atoms in total. The van der Waals surface area contributed by atoms with Gasteiger partial charge in [0.05, 0.1) is 6.42 Å². The fourth-order valence-electron chi connectivity index (χ4n) is 1.34. The summed E-state index contributed by atoms with van der Waals surface area (Å²) in [6.07, 6.45) is 0.469. The first kappa shape index (κ1) is 11.5. The molecule has 4 heteroatoms. The molecule has 0 aliphatic carbocycles. The van der Waals surface area contributed by atoms with Crippen LogP contribution in [0.2, 0.25) is 0 Å². The van der Waals surface area contributed by atoms with Gasteiger partial charge in [-0.25, -0.2) is 0 Å². The Hall–Kier alpha value is -0.610. The van der Waals surface area contributed by atoms with E-state index in [0.29, 0.717) is 6.42 Å². The minimum atomic E-state index is -0.126. The van der Waals surface area contributed by atoms with Crippen molar-refractivity contribution in [1.29, 1.82) is 0 Å². The standard InChI is InChI=1S/C10H20N2O2/c1-10(2,3)8-9(13)14-12-6-4-11-5-7-12/h11H,4-8H2,1-3H3. The van der Waals surface area contributed by atoms with Crippen LogP contribution in [0.5, 0.6) is 0 Å². The van der Waals surface area contributed by atoms with Gasteiger partial charge in [-0.05, 0) is 5.41 Å². The smallest absolute Gasteiger partial charge is 0.325 e. The van der Waals surface area contributed by atoms with E-state index in [9.17, 15) is 4.79 Å². The molecule has 0 bridgehead atoms. The van der Waals surface area contributed by atoms with Crippen molar-refractivity contribution in [3.05, 3.63) is 0 Å². The zero-order valence-electron chi connectivity index (χ0n) is 9.30.